The van der Waals surface area contributed by atoms with Crippen LogP contribution in [0.1, 0.15) is 15.9 Å². The molecule has 0 aliphatic heterocycles. The Hall–Kier alpha value is -4.10. The highest BCUT2D eigenvalue weighted by molar-refractivity contribution is 6.31. The molecule has 0 saturated heterocycles. The summed E-state index contributed by atoms with van der Waals surface area (Å²) in [5.74, 6) is 0.119. The standard InChI is InChI=1S/C25H21ClN4O3/c26-21-12-6-4-8-18(21)16-30-23(14-15-27-30)29-24(31)17-33-22-13-7-5-11-20(22)25(32)28-19-9-2-1-3-10-19/h1-15H,16-17H2,(H,28,32)(H,29,31). The summed E-state index contributed by atoms with van der Waals surface area (Å²) < 4.78 is 7.30. The molecule has 1 heterocycles. The Morgan fingerprint density at radius 3 is 2.42 bits per heavy atom. The largest absolute Gasteiger partial charge is 0.483 e. The highest BCUT2D eigenvalue weighted by atomic mass is 35.5. The quantitative estimate of drug-likeness (QED) is 0.393. The summed E-state index contributed by atoms with van der Waals surface area (Å²) in [5, 5.41) is 10.5. The predicted octanol–water partition coefficient (Wildman–Crippen LogP) is 4.85. The molecule has 3 aromatic carbocycles. The van der Waals surface area contributed by atoms with Crippen molar-refractivity contribution in [2.75, 3.05) is 17.2 Å². The van der Waals surface area contributed by atoms with Gasteiger partial charge in [0.05, 0.1) is 18.3 Å². The van der Waals surface area contributed by atoms with Gasteiger partial charge in [-0.3, -0.25) is 9.59 Å². The van der Waals surface area contributed by atoms with Crippen LogP contribution in [0, 0.1) is 0 Å². The van der Waals surface area contributed by atoms with Crippen LogP contribution in [0.2, 0.25) is 5.02 Å². The first-order valence-corrected chi connectivity index (χ1v) is 10.6. The number of hydrogen-bond acceptors (Lipinski definition) is 4. The van der Waals surface area contributed by atoms with Gasteiger partial charge in [-0.25, -0.2) is 4.68 Å². The van der Waals surface area contributed by atoms with Gasteiger partial charge in [-0.2, -0.15) is 5.10 Å². The number of benzene rings is 3. The average molecular weight is 461 g/mol. The maximum atomic E-state index is 12.7. The molecule has 2 amide bonds. The van der Waals surface area contributed by atoms with Crippen LogP contribution in [-0.2, 0) is 11.3 Å². The van der Waals surface area contributed by atoms with Gasteiger partial charge in [0.1, 0.15) is 11.6 Å². The number of anilines is 2. The number of para-hydroxylation sites is 2. The van der Waals surface area contributed by atoms with E-state index < -0.39 is 0 Å². The third kappa shape index (κ3) is 5.78. The van der Waals surface area contributed by atoms with Crippen molar-refractivity contribution in [3.63, 3.8) is 0 Å². The number of nitrogens with one attached hydrogen (secondary N) is 2. The highest BCUT2D eigenvalue weighted by Crippen LogP contribution is 2.21. The van der Waals surface area contributed by atoms with Crippen LogP contribution in [-0.4, -0.2) is 28.2 Å². The van der Waals surface area contributed by atoms with Crippen molar-refractivity contribution in [1.82, 2.24) is 9.78 Å². The van der Waals surface area contributed by atoms with E-state index >= 15 is 0 Å². The lowest BCUT2D eigenvalue weighted by Crippen LogP contribution is -2.23. The molecule has 7 nitrogen and oxygen atoms in total. The summed E-state index contributed by atoms with van der Waals surface area (Å²) in [7, 11) is 0. The summed E-state index contributed by atoms with van der Waals surface area (Å²) in [4.78, 5) is 25.2. The van der Waals surface area contributed by atoms with E-state index in [1.165, 1.54) is 0 Å². The number of aromatic nitrogens is 2. The van der Waals surface area contributed by atoms with Crippen molar-refractivity contribution in [2.45, 2.75) is 6.54 Å². The predicted molar refractivity (Wildman–Crippen MR) is 128 cm³/mol. The lowest BCUT2D eigenvalue weighted by atomic mass is 10.2. The molecule has 0 saturated carbocycles. The van der Waals surface area contributed by atoms with Gasteiger partial charge in [-0.15, -0.1) is 0 Å². The monoisotopic (exact) mass is 460 g/mol. The molecule has 0 spiro atoms. The van der Waals surface area contributed by atoms with Crippen molar-refractivity contribution >= 4 is 34.9 Å². The normalized spacial score (nSPS) is 10.5. The Kier molecular flexibility index (Phi) is 7.02. The molecule has 0 fully saturated rings. The molecule has 0 aliphatic carbocycles. The Morgan fingerprint density at radius 1 is 0.879 bits per heavy atom. The van der Waals surface area contributed by atoms with E-state index in [0.717, 1.165) is 5.56 Å². The van der Waals surface area contributed by atoms with Gasteiger partial charge in [-0.05, 0) is 35.9 Å². The fourth-order valence-electron chi connectivity index (χ4n) is 3.18. The number of halogens is 1. The molecule has 8 heteroatoms. The summed E-state index contributed by atoms with van der Waals surface area (Å²) in [6.07, 6.45) is 1.59. The topological polar surface area (TPSA) is 85.2 Å². The highest BCUT2D eigenvalue weighted by Gasteiger charge is 2.15. The fourth-order valence-corrected chi connectivity index (χ4v) is 3.37. The molecule has 1 aromatic heterocycles. The average Bonchev–Trinajstić information content (AvgIpc) is 3.26. The smallest absolute Gasteiger partial charge is 0.263 e. The number of ether oxygens (including phenoxy) is 1. The number of nitrogens with zero attached hydrogens (tertiary/aromatic N) is 2. The molecule has 166 valence electrons. The zero-order chi connectivity index (χ0) is 23.0. The molecule has 4 rings (SSSR count). The van der Waals surface area contributed by atoms with Gasteiger partial charge < -0.3 is 15.4 Å². The first kappa shape index (κ1) is 22.1. The second-order valence-electron chi connectivity index (χ2n) is 7.12. The van der Waals surface area contributed by atoms with Gasteiger partial charge in [0.2, 0.25) is 0 Å². The van der Waals surface area contributed by atoms with E-state index in [1.807, 2.05) is 36.4 Å². The van der Waals surface area contributed by atoms with Crippen LogP contribution in [0.5, 0.6) is 5.75 Å². The summed E-state index contributed by atoms with van der Waals surface area (Å²) in [5.41, 5.74) is 1.88. The van der Waals surface area contributed by atoms with Crippen molar-refractivity contribution in [3.05, 3.63) is 107 Å². The van der Waals surface area contributed by atoms with Crippen molar-refractivity contribution < 1.29 is 14.3 Å². The Labute approximate surface area is 196 Å². The number of rotatable bonds is 8. The van der Waals surface area contributed by atoms with Crippen molar-refractivity contribution in [1.29, 1.82) is 0 Å². The van der Waals surface area contributed by atoms with Crippen LogP contribution >= 0.6 is 11.6 Å². The summed E-state index contributed by atoms with van der Waals surface area (Å²) in [6, 6.07) is 25.0. The molecule has 0 aliphatic rings. The van der Waals surface area contributed by atoms with Gasteiger partial charge in [0.25, 0.3) is 11.8 Å². The van der Waals surface area contributed by atoms with E-state index in [4.69, 9.17) is 16.3 Å². The number of amides is 2. The van der Waals surface area contributed by atoms with E-state index in [2.05, 4.69) is 15.7 Å². The molecule has 4 aromatic rings. The zero-order valence-corrected chi connectivity index (χ0v) is 18.3. The summed E-state index contributed by atoms with van der Waals surface area (Å²) >= 11 is 6.23. The minimum absolute atomic E-state index is 0.271. The van der Waals surface area contributed by atoms with Gasteiger partial charge in [-0.1, -0.05) is 60.1 Å². The van der Waals surface area contributed by atoms with Gasteiger partial charge >= 0.3 is 0 Å². The lowest BCUT2D eigenvalue weighted by molar-refractivity contribution is -0.118. The van der Waals surface area contributed by atoms with E-state index in [-0.39, 0.29) is 18.4 Å². The lowest BCUT2D eigenvalue weighted by Gasteiger charge is -2.13. The van der Waals surface area contributed by atoms with Crippen LogP contribution in [0.25, 0.3) is 0 Å². The Morgan fingerprint density at radius 2 is 1.61 bits per heavy atom. The van der Waals surface area contributed by atoms with Crippen LogP contribution < -0.4 is 15.4 Å². The first-order chi connectivity index (χ1) is 16.1. The van der Waals surface area contributed by atoms with Crippen LogP contribution in [0.4, 0.5) is 11.5 Å². The van der Waals surface area contributed by atoms with Gasteiger partial charge in [0, 0.05) is 16.8 Å². The molecule has 0 bridgehead atoms. The third-order valence-electron chi connectivity index (χ3n) is 4.78. The minimum atomic E-state index is -0.380. The molecule has 0 radical (unpaired) electrons. The molecule has 2 N–H and O–H groups in total. The van der Waals surface area contributed by atoms with E-state index in [9.17, 15) is 9.59 Å². The van der Waals surface area contributed by atoms with Crippen molar-refractivity contribution in [3.8, 4) is 5.75 Å². The molecule has 0 atom stereocenters. The maximum absolute atomic E-state index is 12.7. The van der Waals surface area contributed by atoms with Gasteiger partial charge in [0.15, 0.2) is 6.61 Å². The Balaban J connectivity index is 1.38. The third-order valence-corrected chi connectivity index (χ3v) is 5.15. The SMILES string of the molecule is O=C(COc1ccccc1C(=O)Nc1ccccc1)Nc1ccnn1Cc1ccccc1Cl. The fraction of sp³-hybridized carbons (Fsp3) is 0.0800. The second-order valence-corrected chi connectivity index (χ2v) is 7.53. The minimum Gasteiger partial charge on any atom is -0.483 e. The molecular weight excluding hydrogens is 440 g/mol. The van der Waals surface area contributed by atoms with Crippen LogP contribution in [0.3, 0.4) is 0 Å². The number of hydrogen-bond donors (Lipinski definition) is 2. The molecule has 0 unspecified atom stereocenters. The number of carbonyl (C=O) groups is 2. The van der Waals surface area contributed by atoms with E-state index in [1.54, 1.807) is 59.4 Å². The second kappa shape index (κ2) is 10.5. The number of carbonyl (C=O) groups excluding carboxylic acids is 2. The Bertz CT molecular complexity index is 1260. The zero-order valence-electron chi connectivity index (χ0n) is 17.6. The van der Waals surface area contributed by atoms with Crippen molar-refractivity contribution in [2.24, 2.45) is 0 Å². The molecular formula is C25H21ClN4O3. The maximum Gasteiger partial charge on any atom is 0.263 e. The first-order valence-electron chi connectivity index (χ1n) is 10.2. The van der Waals surface area contributed by atoms with Crippen LogP contribution in [0.15, 0.2) is 91.1 Å². The molecule has 33 heavy (non-hydrogen) atoms. The van der Waals surface area contributed by atoms with E-state index in [0.29, 0.717) is 34.4 Å². The summed E-state index contributed by atoms with van der Waals surface area (Å²) in [6.45, 7) is 0.137.